The lowest BCUT2D eigenvalue weighted by Gasteiger charge is -2.23. The number of nitrogens with zero attached hydrogens (tertiary/aromatic N) is 3. The third-order valence-corrected chi connectivity index (χ3v) is 3.75. The first-order valence-electron chi connectivity index (χ1n) is 8.55. The Morgan fingerprint density at radius 3 is 2.50 bits per heavy atom. The van der Waals surface area contributed by atoms with E-state index in [1.54, 1.807) is 11.0 Å². The third-order valence-electron chi connectivity index (χ3n) is 3.75. The molecular formula is C18H25N5O3. The number of amides is 2. The molecule has 1 unspecified atom stereocenters. The fraction of sp³-hybridized carbons (Fsp3) is 0.444. The third kappa shape index (κ3) is 6.19. The monoisotopic (exact) mass is 359 g/mol. The molecule has 0 aliphatic rings. The van der Waals surface area contributed by atoms with Crippen molar-refractivity contribution in [3.63, 3.8) is 0 Å². The normalized spacial score (nSPS) is 13.1. The first-order chi connectivity index (χ1) is 12.5. The molecule has 26 heavy (non-hydrogen) atoms. The maximum atomic E-state index is 12.5. The van der Waals surface area contributed by atoms with Crippen molar-refractivity contribution in [1.82, 2.24) is 25.4 Å². The number of carbonyl (C=O) groups excluding carboxylic acids is 2. The summed E-state index contributed by atoms with van der Waals surface area (Å²) in [5, 5.41) is 9.53. The number of rotatable bonds is 8. The summed E-state index contributed by atoms with van der Waals surface area (Å²) in [7, 11) is 0. The second kappa shape index (κ2) is 9.55. The average Bonchev–Trinajstić information content (AvgIpc) is 3.11. The smallest absolute Gasteiger partial charge is 0.408 e. The van der Waals surface area contributed by atoms with Crippen LogP contribution in [0.2, 0.25) is 0 Å². The molecule has 8 nitrogen and oxygen atoms in total. The van der Waals surface area contributed by atoms with Crippen LogP contribution >= 0.6 is 0 Å². The molecule has 0 fully saturated rings. The predicted octanol–water partition coefficient (Wildman–Crippen LogP) is 1.73. The molecule has 2 aromatic rings. The predicted molar refractivity (Wildman–Crippen MR) is 96.0 cm³/mol. The molecule has 0 spiro atoms. The molecule has 140 valence electrons. The summed E-state index contributed by atoms with van der Waals surface area (Å²) >= 11 is 0. The summed E-state index contributed by atoms with van der Waals surface area (Å²) in [6, 6.07) is 8.53. The molecule has 2 amide bonds. The van der Waals surface area contributed by atoms with Crippen LogP contribution in [0.3, 0.4) is 0 Å². The van der Waals surface area contributed by atoms with Gasteiger partial charge in [-0.3, -0.25) is 9.48 Å². The van der Waals surface area contributed by atoms with Crippen molar-refractivity contribution in [3.05, 3.63) is 48.5 Å². The van der Waals surface area contributed by atoms with Crippen LogP contribution in [0.1, 0.15) is 26.3 Å². The number of hydrogen-bond acceptors (Lipinski definition) is 5. The minimum atomic E-state index is -0.684. The van der Waals surface area contributed by atoms with Crippen molar-refractivity contribution in [2.75, 3.05) is 0 Å². The van der Waals surface area contributed by atoms with Crippen molar-refractivity contribution in [2.45, 2.75) is 46.0 Å². The van der Waals surface area contributed by atoms with Crippen molar-refractivity contribution in [1.29, 1.82) is 0 Å². The molecule has 1 aromatic carbocycles. The molecule has 0 radical (unpaired) electrons. The zero-order valence-corrected chi connectivity index (χ0v) is 15.3. The highest BCUT2D eigenvalue weighted by Gasteiger charge is 2.26. The molecule has 1 heterocycles. The molecule has 2 rings (SSSR count). The van der Waals surface area contributed by atoms with E-state index in [1.165, 1.54) is 6.33 Å². The molecule has 2 atom stereocenters. The van der Waals surface area contributed by atoms with E-state index in [1.807, 2.05) is 51.1 Å². The summed E-state index contributed by atoms with van der Waals surface area (Å²) in [6.45, 7) is 6.25. The Labute approximate surface area is 153 Å². The van der Waals surface area contributed by atoms with Crippen LogP contribution in [0.4, 0.5) is 4.79 Å². The van der Waals surface area contributed by atoms with Crippen LogP contribution in [0.25, 0.3) is 0 Å². The summed E-state index contributed by atoms with van der Waals surface area (Å²) in [6.07, 6.45) is 2.41. The van der Waals surface area contributed by atoms with Crippen LogP contribution in [0.15, 0.2) is 43.0 Å². The van der Waals surface area contributed by atoms with E-state index in [4.69, 9.17) is 4.74 Å². The topological polar surface area (TPSA) is 98.1 Å². The average molecular weight is 359 g/mol. The zero-order chi connectivity index (χ0) is 18.9. The van der Waals surface area contributed by atoms with Gasteiger partial charge in [-0.1, -0.05) is 44.2 Å². The summed E-state index contributed by atoms with van der Waals surface area (Å²) in [5.41, 5.74) is 0.884. The highest BCUT2D eigenvalue weighted by molar-refractivity contribution is 5.86. The molecule has 2 N–H and O–H groups in total. The van der Waals surface area contributed by atoms with E-state index in [-0.39, 0.29) is 24.5 Å². The van der Waals surface area contributed by atoms with E-state index in [2.05, 4.69) is 20.7 Å². The number of benzene rings is 1. The Kier molecular flexibility index (Phi) is 7.13. The number of carbonyl (C=O) groups is 2. The Morgan fingerprint density at radius 2 is 1.88 bits per heavy atom. The van der Waals surface area contributed by atoms with Gasteiger partial charge in [0.05, 0.1) is 6.54 Å². The number of aromatic nitrogens is 3. The molecular weight excluding hydrogens is 334 g/mol. The maximum absolute atomic E-state index is 12.5. The summed E-state index contributed by atoms with van der Waals surface area (Å²) < 4.78 is 6.83. The molecule has 0 bridgehead atoms. The Balaban J connectivity index is 1.84. The van der Waals surface area contributed by atoms with Gasteiger partial charge in [-0.25, -0.2) is 9.78 Å². The van der Waals surface area contributed by atoms with Crippen molar-refractivity contribution in [2.24, 2.45) is 5.92 Å². The highest BCUT2D eigenvalue weighted by Crippen LogP contribution is 2.05. The second-order valence-corrected chi connectivity index (χ2v) is 6.45. The van der Waals surface area contributed by atoms with Gasteiger partial charge in [-0.2, -0.15) is 5.10 Å². The molecule has 0 saturated heterocycles. The van der Waals surface area contributed by atoms with E-state index in [0.29, 0.717) is 6.54 Å². The van der Waals surface area contributed by atoms with E-state index < -0.39 is 12.1 Å². The van der Waals surface area contributed by atoms with E-state index in [9.17, 15) is 9.59 Å². The van der Waals surface area contributed by atoms with Gasteiger partial charge in [0.25, 0.3) is 0 Å². The van der Waals surface area contributed by atoms with Gasteiger partial charge in [0, 0.05) is 6.04 Å². The number of hydrogen-bond donors (Lipinski definition) is 2. The first-order valence-corrected chi connectivity index (χ1v) is 8.55. The molecule has 0 saturated carbocycles. The van der Waals surface area contributed by atoms with Crippen molar-refractivity contribution >= 4 is 12.0 Å². The fourth-order valence-electron chi connectivity index (χ4n) is 2.41. The number of alkyl carbamates (subject to hydrolysis) is 1. The van der Waals surface area contributed by atoms with Crippen LogP contribution in [0, 0.1) is 5.92 Å². The Morgan fingerprint density at radius 1 is 1.15 bits per heavy atom. The summed E-state index contributed by atoms with van der Waals surface area (Å²) in [4.78, 5) is 28.4. The molecule has 8 heteroatoms. The lowest BCUT2D eigenvalue weighted by molar-refractivity contribution is -0.124. The summed E-state index contributed by atoms with van der Waals surface area (Å²) in [5.74, 6) is -0.345. The first kappa shape index (κ1) is 19.4. The van der Waals surface area contributed by atoms with Gasteiger partial charge in [0.2, 0.25) is 5.91 Å². The number of ether oxygens (including phenoxy) is 1. The van der Waals surface area contributed by atoms with Gasteiger partial charge < -0.3 is 15.4 Å². The number of nitrogens with one attached hydrogen (secondary N) is 2. The van der Waals surface area contributed by atoms with Crippen LogP contribution < -0.4 is 10.6 Å². The largest absolute Gasteiger partial charge is 0.445 e. The van der Waals surface area contributed by atoms with Crippen molar-refractivity contribution < 1.29 is 14.3 Å². The van der Waals surface area contributed by atoms with Crippen LogP contribution in [-0.2, 0) is 22.7 Å². The van der Waals surface area contributed by atoms with E-state index in [0.717, 1.165) is 5.56 Å². The Hall–Kier alpha value is -2.90. The Bertz CT molecular complexity index is 688. The molecule has 1 aromatic heterocycles. The maximum Gasteiger partial charge on any atom is 0.408 e. The van der Waals surface area contributed by atoms with Crippen LogP contribution in [0.5, 0.6) is 0 Å². The highest BCUT2D eigenvalue weighted by atomic mass is 16.5. The van der Waals surface area contributed by atoms with E-state index >= 15 is 0 Å². The van der Waals surface area contributed by atoms with Gasteiger partial charge >= 0.3 is 6.09 Å². The quantitative estimate of drug-likeness (QED) is 0.748. The fourth-order valence-corrected chi connectivity index (χ4v) is 2.41. The lowest BCUT2D eigenvalue weighted by Crippen LogP contribution is -2.52. The SMILES string of the molecule is CC(Cn1cncn1)NC(=O)[C@@H](NC(=O)OCc1ccccc1)C(C)C. The van der Waals surface area contributed by atoms with Gasteiger partial charge in [-0.15, -0.1) is 0 Å². The minimum Gasteiger partial charge on any atom is -0.445 e. The molecule has 0 aliphatic heterocycles. The standard InChI is InChI=1S/C18H25N5O3/c1-13(2)16(17(24)21-14(3)9-23-12-19-11-20-23)22-18(25)26-10-15-7-5-4-6-8-15/h4-8,11-14,16H,9-10H2,1-3H3,(H,21,24)(H,22,25)/t14?,16-/m0/s1. The lowest BCUT2D eigenvalue weighted by atomic mass is 10.0. The minimum absolute atomic E-state index is 0.0853. The van der Waals surface area contributed by atoms with Crippen molar-refractivity contribution in [3.8, 4) is 0 Å². The van der Waals surface area contributed by atoms with Gasteiger partial charge in [-0.05, 0) is 18.4 Å². The van der Waals surface area contributed by atoms with Gasteiger partial charge in [0.15, 0.2) is 0 Å². The van der Waals surface area contributed by atoms with Gasteiger partial charge in [0.1, 0.15) is 25.3 Å². The molecule has 0 aliphatic carbocycles. The van der Waals surface area contributed by atoms with Crippen LogP contribution in [-0.4, -0.2) is 38.8 Å². The zero-order valence-electron chi connectivity index (χ0n) is 15.3. The second-order valence-electron chi connectivity index (χ2n) is 6.45.